The number of hydrogen-bond donors (Lipinski definition) is 0. The molecule has 0 spiro atoms. The third kappa shape index (κ3) is 120. The molecule has 0 fully saturated rings. The largest absolute Gasteiger partial charge is 0.0928 e. The quantitative estimate of drug-likeness (QED) is 0.0323. The fourth-order valence-electron chi connectivity index (χ4n) is 18.1. The topological polar surface area (TPSA) is 0 Å². The second-order valence-electron chi connectivity index (χ2n) is 39.1. The highest BCUT2D eigenvalue weighted by Crippen LogP contribution is 2.23. The van der Waals surface area contributed by atoms with Gasteiger partial charge in [0.05, 0.1) is 0 Å². The Labute approximate surface area is 786 Å². The van der Waals surface area contributed by atoms with Crippen LogP contribution in [-0.4, -0.2) is 5.33 Å². The first-order chi connectivity index (χ1) is 61.4. The molecule has 0 saturated heterocycles. The molecule has 0 unspecified atom stereocenters. The number of halogens is 1. The third-order valence-corrected chi connectivity index (χ3v) is 27.2. The Kier molecular flexibility index (Phi) is 118. The molecule has 0 rings (SSSR count). The highest BCUT2D eigenvalue weighted by Gasteiger charge is 2.03. The number of unbranched alkanes of at least 4 members (excludes halogenated alkanes) is 90. The van der Waals surface area contributed by atoms with Crippen molar-refractivity contribution in [3.05, 3.63) is 122 Å². The Balaban J connectivity index is 3.23. The monoisotopic (exact) mass is 1770 g/mol. The molecule has 0 amide bonds. The van der Waals surface area contributed by atoms with Crippen LogP contribution in [0.25, 0.3) is 0 Å². The molecule has 720 valence electrons. The van der Waals surface area contributed by atoms with Gasteiger partial charge < -0.3 is 0 Å². The van der Waals surface area contributed by atoms with Crippen molar-refractivity contribution < 1.29 is 0 Å². The molecule has 123 heavy (non-hydrogen) atoms. The van der Waals surface area contributed by atoms with E-state index in [0.29, 0.717) is 0 Å². The first kappa shape index (κ1) is 121. The molecule has 0 aliphatic carbocycles. The van der Waals surface area contributed by atoms with Gasteiger partial charge in [-0.2, -0.15) is 0 Å². The van der Waals surface area contributed by atoms with E-state index in [2.05, 4.69) is 144 Å². The van der Waals surface area contributed by atoms with Crippen LogP contribution in [0, 0.1) is 0 Å². The summed E-state index contributed by atoms with van der Waals surface area (Å²) in [6, 6.07) is 0. The summed E-state index contributed by atoms with van der Waals surface area (Å²) >= 11 is 3.54. The molecule has 0 aromatic rings. The summed E-state index contributed by atoms with van der Waals surface area (Å²) in [5.41, 5.74) is 0. The average Bonchev–Trinajstić information content (AvgIpc) is 1.42. The lowest BCUT2D eigenvalue weighted by molar-refractivity contribution is 0.566. The summed E-state index contributed by atoms with van der Waals surface area (Å²) in [6.45, 7) is 2.13. The molecule has 0 aromatic heterocycles. The summed E-state index contributed by atoms with van der Waals surface area (Å²) in [5.74, 6) is 0. The van der Waals surface area contributed by atoms with E-state index in [1.165, 1.54) is 647 Å². The molecule has 0 aliphatic rings. The zero-order valence-corrected chi connectivity index (χ0v) is 85.9. The summed E-state index contributed by atoms with van der Waals surface area (Å²) in [4.78, 5) is 0. The minimum absolute atomic E-state index is 1.18. The van der Waals surface area contributed by atoms with Crippen LogP contribution in [0.5, 0.6) is 0 Å². The lowest BCUT2D eigenvalue weighted by Crippen LogP contribution is -1.82. The van der Waals surface area contributed by atoms with Crippen LogP contribution in [-0.2, 0) is 0 Å². The van der Waals surface area contributed by atoms with Crippen molar-refractivity contribution >= 4 is 15.9 Å². The van der Waals surface area contributed by atoms with Gasteiger partial charge in [-0.05, 0) is 257 Å². The van der Waals surface area contributed by atoms with Crippen molar-refractivity contribution in [3.63, 3.8) is 0 Å². The molecule has 0 aromatic carbocycles. The van der Waals surface area contributed by atoms with Crippen LogP contribution < -0.4 is 0 Å². The number of alkyl halides is 1. The van der Waals surface area contributed by atoms with Gasteiger partial charge in [-0.15, -0.1) is 0 Å². The standard InChI is InChI=1S/C122H225Br/c1-2-3-4-5-6-7-8-9-10-11-12-13-14-15-16-17-18-19-20-21-22-23-24-25-26-27-28-29-30-31-32-33-34-35-36-37-38-39-40-41-42-43-44-45-46-47-48-49-50-51-52-53-54-55-56-57-58-59-60-61-62-63-64-65-66-67-68-69-70-71-72-73-74-75-76-77-78-79-80-81-82-83-84-85-86-87-88-89-90-91-92-93-94-95-96-97-98-99-100-101-102-103-104-105-106-107-108-109-110-111-112-113-114-115-116-117-118-119-120-121-122-123/h2-3,14-15,26-27,38-39,50-51,62-63,74-75,86-87,98-99,110-111H,4-13,16-25,28-37,40-49,52-61,64-73,76-85,88-97,100-109,112-122H2,1H3/b3-2+,15-14+,27-26+,39-38+,51-50+,63-62+,75-74+,87-86+,99-98+,111-110+. The molecular formula is C122H225Br. The van der Waals surface area contributed by atoms with E-state index in [4.69, 9.17) is 0 Å². The van der Waals surface area contributed by atoms with Crippen molar-refractivity contribution in [3.8, 4) is 0 Å². The Morgan fingerprint density at radius 1 is 0.0894 bits per heavy atom. The minimum atomic E-state index is 1.18. The summed E-state index contributed by atoms with van der Waals surface area (Å²) in [6.07, 6.45) is 189. The first-order valence-electron chi connectivity index (χ1n) is 57.4. The van der Waals surface area contributed by atoms with Crippen molar-refractivity contribution in [2.24, 2.45) is 0 Å². The van der Waals surface area contributed by atoms with Crippen molar-refractivity contribution in [1.29, 1.82) is 0 Å². The first-order valence-corrected chi connectivity index (χ1v) is 58.6. The predicted molar refractivity (Wildman–Crippen MR) is 573 cm³/mol. The molecule has 0 atom stereocenters. The summed E-state index contributed by atoms with van der Waals surface area (Å²) in [5, 5.41) is 1.18. The second-order valence-corrected chi connectivity index (χ2v) is 39.9. The Hall–Kier alpha value is -2.12. The van der Waals surface area contributed by atoms with Gasteiger partial charge in [0.15, 0.2) is 0 Å². The van der Waals surface area contributed by atoms with Crippen LogP contribution >= 0.6 is 15.9 Å². The number of rotatable bonds is 110. The normalized spacial score (nSPS) is 12.5. The maximum atomic E-state index is 3.54. The molecule has 0 nitrogen and oxygen atoms in total. The Morgan fingerprint density at radius 3 is 0.228 bits per heavy atom. The van der Waals surface area contributed by atoms with Gasteiger partial charge in [0.25, 0.3) is 0 Å². The number of allylic oxidation sites excluding steroid dienone is 20. The van der Waals surface area contributed by atoms with Crippen molar-refractivity contribution in [1.82, 2.24) is 0 Å². The highest BCUT2D eigenvalue weighted by molar-refractivity contribution is 9.09. The summed E-state index contributed by atoms with van der Waals surface area (Å²) in [7, 11) is 0. The van der Waals surface area contributed by atoms with Crippen molar-refractivity contribution in [2.45, 2.75) is 649 Å². The molecule has 1 heteroatoms. The van der Waals surface area contributed by atoms with Crippen LogP contribution in [0.4, 0.5) is 0 Å². The molecule has 0 radical (unpaired) electrons. The van der Waals surface area contributed by atoms with Gasteiger partial charge in [-0.25, -0.2) is 0 Å². The lowest BCUT2D eigenvalue weighted by atomic mass is 10.0. The zero-order chi connectivity index (χ0) is 87.6. The van der Waals surface area contributed by atoms with E-state index in [-0.39, 0.29) is 0 Å². The maximum absolute atomic E-state index is 3.54. The van der Waals surface area contributed by atoms with E-state index < -0.39 is 0 Å². The predicted octanol–water partition coefficient (Wildman–Crippen LogP) is 46.0. The fraction of sp³-hybridized carbons (Fsp3) is 0.836. The van der Waals surface area contributed by atoms with Gasteiger partial charge in [-0.1, -0.05) is 529 Å². The summed E-state index contributed by atoms with van der Waals surface area (Å²) < 4.78 is 0. The zero-order valence-electron chi connectivity index (χ0n) is 84.3. The fourth-order valence-corrected chi connectivity index (χ4v) is 18.5. The average molecular weight is 1770 g/mol. The molecule has 0 N–H and O–H groups in total. The van der Waals surface area contributed by atoms with E-state index >= 15 is 0 Å². The van der Waals surface area contributed by atoms with Gasteiger partial charge in [0.2, 0.25) is 0 Å². The van der Waals surface area contributed by atoms with Gasteiger partial charge in [0.1, 0.15) is 0 Å². The second kappa shape index (κ2) is 120. The van der Waals surface area contributed by atoms with Crippen LogP contribution in [0.15, 0.2) is 122 Å². The SMILES string of the molecule is C/C=C/CCCCCCCCCC/C=C/CCCCCCCCCC/C=C/CCCCCCCCCC/C=C/CCCCCCCCCC/C=C/CCCCCCCCCC/C=C/CCCCCCCCCC/C=C/CCCCCCCCCC/C=C/CCCCCCCCCC/C=C/CCCCCCCCCC/C=C/CCCCCCCCCCCBr. The van der Waals surface area contributed by atoms with Gasteiger partial charge in [-0.3, -0.25) is 0 Å². The van der Waals surface area contributed by atoms with E-state index in [0.717, 1.165) is 0 Å². The van der Waals surface area contributed by atoms with E-state index in [9.17, 15) is 0 Å². The van der Waals surface area contributed by atoms with Crippen molar-refractivity contribution in [2.75, 3.05) is 5.33 Å². The highest BCUT2D eigenvalue weighted by atomic mass is 79.9. The minimum Gasteiger partial charge on any atom is -0.0928 e. The number of hydrogen-bond acceptors (Lipinski definition) is 0. The molecule has 0 heterocycles. The molecule has 0 saturated carbocycles. The molecule has 0 bridgehead atoms. The van der Waals surface area contributed by atoms with E-state index in [1.807, 2.05) is 0 Å². The maximum Gasteiger partial charge on any atom is 0.00313 e. The van der Waals surface area contributed by atoms with Gasteiger partial charge >= 0.3 is 0 Å². The van der Waals surface area contributed by atoms with Crippen LogP contribution in [0.2, 0.25) is 0 Å². The molecule has 0 aliphatic heterocycles. The molecular weight excluding hydrogens is 1550 g/mol. The van der Waals surface area contributed by atoms with Crippen LogP contribution in [0.1, 0.15) is 649 Å². The lowest BCUT2D eigenvalue weighted by Gasteiger charge is -2.02. The smallest absolute Gasteiger partial charge is 0.00313 e. The van der Waals surface area contributed by atoms with Gasteiger partial charge in [0, 0.05) is 5.33 Å². The Bertz CT molecular complexity index is 2110. The Morgan fingerprint density at radius 2 is 0.154 bits per heavy atom. The van der Waals surface area contributed by atoms with Crippen LogP contribution in [0.3, 0.4) is 0 Å². The van der Waals surface area contributed by atoms with E-state index in [1.54, 1.807) is 0 Å². The third-order valence-electron chi connectivity index (χ3n) is 26.7.